The predicted octanol–water partition coefficient (Wildman–Crippen LogP) is 2.90. The van der Waals surface area contributed by atoms with Crippen LogP contribution in [0.1, 0.15) is 13.3 Å². The number of nitrogens with one attached hydrogen (secondary N) is 2. The SMILES string of the molecule is CCCNc1cccc(-c2ccc[nH]2)n1. The Kier molecular flexibility index (Phi) is 3.02. The van der Waals surface area contributed by atoms with Crippen LogP contribution in [0, 0.1) is 0 Å². The molecule has 0 amide bonds. The molecule has 0 unspecified atom stereocenters. The third kappa shape index (κ3) is 2.37. The normalized spacial score (nSPS) is 10.2. The Balaban J connectivity index is 2.19. The van der Waals surface area contributed by atoms with Gasteiger partial charge < -0.3 is 10.3 Å². The zero-order chi connectivity index (χ0) is 10.5. The molecular formula is C12H15N3. The highest BCUT2D eigenvalue weighted by Gasteiger charge is 2.00. The molecule has 0 fully saturated rings. The van der Waals surface area contributed by atoms with Gasteiger partial charge in [0.2, 0.25) is 0 Å². The standard InChI is InChI=1S/C12H15N3/c1-2-8-14-12-7-3-5-11(15-12)10-6-4-9-13-10/h3-7,9,13H,2,8H2,1H3,(H,14,15). The molecule has 0 aromatic carbocycles. The highest BCUT2D eigenvalue weighted by atomic mass is 15.0. The van der Waals surface area contributed by atoms with E-state index >= 15 is 0 Å². The van der Waals surface area contributed by atoms with E-state index in [1.54, 1.807) is 0 Å². The molecule has 2 N–H and O–H groups in total. The average Bonchev–Trinajstić information content (AvgIpc) is 2.80. The fourth-order valence-electron chi connectivity index (χ4n) is 1.43. The summed E-state index contributed by atoms with van der Waals surface area (Å²) in [7, 11) is 0. The summed E-state index contributed by atoms with van der Waals surface area (Å²) >= 11 is 0. The van der Waals surface area contributed by atoms with E-state index < -0.39 is 0 Å². The van der Waals surface area contributed by atoms with Gasteiger partial charge in [0, 0.05) is 12.7 Å². The van der Waals surface area contributed by atoms with Crippen molar-refractivity contribution in [2.45, 2.75) is 13.3 Å². The van der Waals surface area contributed by atoms with Gasteiger partial charge in [-0.1, -0.05) is 13.0 Å². The summed E-state index contributed by atoms with van der Waals surface area (Å²) in [6.45, 7) is 3.10. The van der Waals surface area contributed by atoms with E-state index in [0.717, 1.165) is 30.2 Å². The Labute approximate surface area is 89.6 Å². The molecule has 0 aliphatic rings. The van der Waals surface area contributed by atoms with Crippen LogP contribution in [-0.2, 0) is 0 Å². The Morgan fingerprint density at radius 3 is 2.93 bits per heavy atom. The first-order chi connectivity index (χ1) is 7.40. The smallest absolute Gasteiger partial charge is 0.126 e. The topological polar surface area (TPSA) is 40.7 Å². The molecule has 3 heteroatoms. The van der Waals surface area contributed by atoms with Gasteiger partial charge in [-0.3, -0.25) is 0 Å². The third-order valence-corrected chi connectivity index (χ3v) is 2.18. The zero-order valence-electron chi connectivity index (χ0n) is 8.83. The Bertz CT molecular complexity index is 407. The minimum Gasteiger partial charge on any atom is -0.370 e. The molecule has 0 saturated carbocycles. The van der Waals surface area contributed by atoms with Gasteiger partial charge in [0.1, 0.15) is 5.82 Å². The summed E-state index contributed by atoms with van der Waals surface area (Å²) < 4.78 is 0. The number of hydrogen-bond donors (Lipinski definition) is 2. The molecule has 0 aliphatic carbocycles. The molecule has 2 aromatic heterocycles. The monoisotopic (exact) mass is 201 g/mol. The lowest BCUT2D eigenvalue weighted by atomic mass is 10.3. The van der Waals surface area contributed by atoms with Crippen LogP contribution in [0.25, 0.3) is 11.4 Å². The second kappa shape index (κ2) is 4.64. The van der Waals surface area contributed by atoms with Gasteiger partial charge in [-0.2, -0.15) is 0 Å². The first kappa shape index (κ1) is 9.77. The van der Waals surface area contributed by atoms with Crippen molar-refractivity contribution >= 4 is 5.82 Å². The van der Waals surface area contributed by atoms with Crippen molar-refractivity contribution in [1.82, 2.24) is 9.97 Å². The van der Waals surface area contributed by atoms with E-state index in [9.17, 15) is 0 Å². The van der Waals surface area contributed by atoms with Crippen molar-refractivity contribution < 1.29 is 0 Å². The lowest BCUT2D eigenvalue weighted by Gasteiger charge is -2.05. The molecule has 2 heterocycles. The number of anilines is 1. The van der Waals surface area contributed by atoms with Crippen LogP contribution in [0.4, 0.5) is 5.82 Å². The number of aromatic amines is 1. The van der Waals surface area contributed by atoms with Gasteiger partial charge >= 0.3 is 0 Å². The van der Waals surface area contributed by atoms with Crippen molar-refractivity contribution in [3.63, 3.8) is 0 Å². The quantitative estimate of drug-likeness (QED) is 0.798. The second-order valence-electron chi connectivity index (χ2n) is 3.42. The molecule has 2 rings (SSSR count). The lowest BCUT2D eigenvalue weighted by molar-refractivity contribution is 0.969. The van der Waals surface area contributed by atoms with Crippen LogP contribution in [0.15, 0.2) is 36.5 Å². The van der Waals surface area contributed by atoms with Gasteiger partial charge in [-0.05, 0) is 30.7 Å². The van der Waals surface area contributed by atoms with Gasteiger partial charge in [0.15, 0.2) is 0 Å². The maximum atomic E-state index is 4.51. The minimum atomic E-state index is 0.934. The number of nitrogens with zero attached hydrogens (tertiary/aromatic N) is 1. The molecule has 0 bridgehead atoms. The number of H-pyrrole nitrogens is 1. The van der Waals surface area contributed by atoms with Crippen LogP contribution in [0.3, 0.4) is 0 Å². The van der Waals surface area contributed by atoms with Gasteiger partial charge in [-0.15, -0.1) is 0 Å². The van der Waals surface area contributed by atoms with Crippen molar-refractivity contribution in [2.24, 2.45) is 0 Å². The lowest BCUT2D eigenvalue weighted by Crippen LogP contribution is -2.01. The summed E-state index contributed by atoms with van der Waals surface area (Å²) in [5, 5.41) is 3.27. The third-order valence-electron chi connectivity index (χ3n) is 2.18. The molecule has 0 saturated heterocycles. The summed E-state index contributed by atoms with van der Waals surface area (Å²) in [6.07, 6.45) is 3.01. The summed E-state index contributed by atoms with van der Waals surface area (Å²) in [5.41, 5.74) is 2.02. The van der Waals surface area contributed by atoms with Crippen molar-refractivity contribution in [1.29, 1.82) is 0 Å². The van der Waals surface area contributed by atoms with Crippen LogP contribution in [0.2, 0.25) is 0 Å². The summed E-state index contributed by atoms with van der Waals surface area (Å²) in [4.78, 5) is 7.66. The number of rotatable bonds is 4. The molecule has 78 valence electrons. The molecule has 0 radical (unpaired) electrons. The Hall–Kier alpha value is -1.77. The molecular weight excluding hydrogens is 186 g/mol. The zero-order valence-corrected chi connectivity index (χ0v) is 8.83. The second-order valence-corrected chi connectivity index (χ2v) is 3.42. The molecule has 2 aromatic rings. The van der Waals surface area contributed by atoms with E-state index in [4.69, 9.17) is 0 Å². The van der Waals surface area contributed by atoms with Crippen LogP contribution >= 0.6 is 0 Å². The molecule has 0 aliphatic heterocycles. The van der Waals surface area contributed by atoms with E-state index in [1.807, 2.05) is 36.5 Å². The molecule has 0 spiro atoms. The largest absolute Gasteiger partial charge is 0.370 e. The summed E-state index contributed by atoms with van der Waals surface area (Å²) in [6, 6.07) is 10.0. The maximum absolute atomic E-state index is 4.51. The molecule has 15 heavy (non-hydrogen) atoms. The molecule has 3 nitrogen and oxygen atoms in total. The molecule has 0 atom stereocenters. The highest BCUT2D eigenvalue weighted by Crippen LogP contribution is 2.16. The van der Waals surface area contributed by atoms with E-state index in [0.29, 0.717) is 0 Å². The predicted molar refractivity (Wildman–Crippen MR) is 62.8 cm³/mol. The maximum Gasteiger partial charge on any atom is 0.126 e. The van der Waals surface area contributed by atoms with E-state index in [2.05, 4.69) is 22.2 Å². The first-order valence-corrected chi connectivity index (χ1v) is 5.25. The first-order valence-electron chi connectivity index (χ1n) is 5.25. The fraction of sp³-hybridized carbons (Fsp3) is 0.250. The van der Waals surface area contributed by atoms with Crippen LogP contribution in [-0.4, -0.2) is 16.5 Å². The minimum absolute atomic E-state index is 0.934. The Morgan fingerprint density at radius 2 is 2.20 bits per heavy atom. The average molecular weight is 201 g/mol. The highest BCUT2D eigenvalue weighted by molar-refractivity contribution is 5.57. The number of hydrogen-bond acceptors (Lipinski definition) is 2. The Morgan fingerprint density at radius 1 is 1.27 bits per heavy atom. The van der Waals surface area contributed by atoms with Gasteiger partial charge in [0.05, 0.1) is 11.4 Å². The number of pyridine rings is 1. The van der Waals surface area contributed by atoms with E-state index in [-0.39, 0.29) is 0 Å². The fourth-order valence-corrected chi connectivity index (χ4v) is 1.43. The van der Waals surface area contributed by atoms with Crippen LogP contribution in [0.5, 0.6) is 0 Å². The van der Waals surface area contributed by atoms with Crippen molar-refractivity contribution in [3.8, 4) is 11.4 Å². The van der Waals surface area contributed by atoms with Crippen molar-refractivity contribution in [3.05, 3.63) is 36.5 Å². The van der Waals surface area contributed by atoms with E-state index in [1.165, 1.54) is 0 Å². The van der Waals surface area contributed by atoms with Gasteiger partial charge in [0.25, 0.3) is 0 Å². The van der Waals surface area contributed by atoms with Crippen LogP contribution < -0.4 is 5.32 Å². The van der Waals surface area contributed by atoms with Gasteiger partial charge in [-0.25, -0.2) is 4.98 Å². The van der Waals surface area contributed by atoms with Crippen molar-refractivity contribution in [2.75, 3.05) is 11.9 Å². The number of aromatic nitrogens is 2. The summed E-state index contributed by atoms with van der Waals surface area (Å²) in [5.74, 6) is 0.934.